The molecule has 1 aliphatic rings. The molecule has 0 aromatic carbocycles. The van der Waals surface area contributed by atoms with Crippen LogP contribution in [0.1, 0.15) is 19.8 Å². The van der Waals surface area contributed by atoms with Gasteiger partial charge in [-0.2, -0.15) is 0 Å². The van der Waals surface area contributed by atoms with E-state index < -0.39 is 0 Å². The fraction of sp³-hybridized carbons (Fsp3) is 0.700. The van der Waals surface area contributed by atoms with Crippen molar-refractivity contribution < 1.29 is 4.79 Å². The Morgan fingerprint density at radius 3 is 3.08 bits per heavy atom. The third-order valence-electron chi connectivity index (χ3n) is 2.36. The number of terminal acetylenes is 1. The Balaban J connectivity index is 2.35. The average Bonchev–Trinajstić information content (AvgIpc) is 2.66. The minimum Gasteiger partial charge on any atom is -0.342 e. The number of nitrogens with one attached hydrogen (secondary N) is 2. The Hall–Kier alpha value is -1.01. The second-order valence-corrected chi connectivity index (χ2v) is 3.33. The summed E-state index contributed by atoms with van der Waals surface area (Å²) in [4.78, 5) is 11.5. The van der Waals surface area contributed by atoms with E-state index in [2.05, 4.69) is 16.6 Å². The largest absolute Gasteiger partial charge is 0.342 e. The second-order valence-electron chi connectivity index (χ2n) is 3.33. The summed E-state index contributed by atoms with van der Waals surface area (Å²) in [5.41, 5.74) is 0. The zero-order valence-corrected chi connectivity index (χ0v) is 7.97. The van der Waals surface area contributed by atoms with Crippen molar-refractivity contribution in [2.45, 2.75) is 25.8 Å². The summed E-state index contributed by atoms with van der Waals surface area (Å²) in [5.74, 6) is 2.76. The number of amides is 1. The number of hydrogen-bond acceptors (Lipinski definition) is 2. The molecule has 0 spiro atoms. The molecule has 1 fully saturated rings. The van der Waals surface area contributed by atoms with Gasteiger partial charge in [0.1, 0.15) is 0 Å². The van der Waals surface area contributed by atoms with Crippen molar-refractivity contribution in [2.75, 3.05) is 13.1 Å². The highest BCUT2D eigenvalue weighted by molar-refractivity contribution is 5.79. The smallest absolute Gasteiger partial charge is 0.225 e. The minimum atomic E-state index is -0.104. The summed E-state index contributed by atoms with van der Waals surface area (Å²) in [6, 6.07) is -0.104. The molecule has 1 amide bonds. The minimum absolute atomic E-state index is 0.0924. The lowest BCUT2D eigenvalue weighted by Gasteiger charge is -2.13. The normalized spacial score (nSPS) is 23.5. The molecule has 0 radical (unpaired) electrons. The van der Waals surface area contributed by atoms with Crippen LogP contribution in [0.2, 0.25) is 0 Å². The van der Waals surface area contributed by atoms with Crippen LogP contribution in [0.5, 0.6) is 0 Å². The third kappa shape index (κ3) is 2.74. The van der Waals surface area contributed by atoms with Crippen molar-refractivity contribution in [1.82, 2.24) is 10.6 Å². The molecular formula is C10H16N2O. The molecule has 3 heteroatoms. The van der Waals surface area contributed by atoms with E-state index in [1.54, 1.807) is 0 Å². The van der Waals surface area contributed by atoms with Crippen LogP contribution in [0.3, 0.4) is 0 Å². The van der Waals surface area contributed by atoms with Gasteiger partial charge in [0, 0.05) is 6.54 Å². The Morgan fingerprint density at radius 1 is 1.85 bits per heavy atom. The Bertz CT molecular complexity index is 213. The van der Waals surface area contributed by atoms with Gasteiger partial charge < -0.3 is 10.6 Å². The molecule has 0 aliphatic carbocycles. The lowest BCUT2D eigenvalue weighted by atomic mass is 10.1. The maximum absolute atomic E-state index is 11.5. The molecule has 0 saturated carbocycles. The Morgan fingerprint density at radius 2 is 2.62 bits per heavy atom. The summed E-state index contributed by atoms with van der Waals surface area (Å²) in [5, 5.41) is 5.99. The third-order valence-corrected chi connectivity index (χ3v) is 2.36. The molecule has 1 heterocycles. The second kappa shape index (κ2) is 4.88. The summed E-state index contributed by atoms with van der Waals surface area (Å²) in [7, 11) is 0. The highest BCUT2D eigenvalue weighted by Gasteiger charge is 2.23. The van der Waals surface area contributed by atoms with Crippen molar-refractivity contribution in [3.8, 4) is 12.3 Å². The zero-order chi connectivity index (χ0) is 9.68. The van der Waals surface area contributed by atoms with E-state index in [-0.39, 0.29) is 17.9 Å². The molecule has 2 N–H and O–H groups in total. The first-order valence-corrected chi connectivity index (χ1v) is 4.75. The molecule has 0 aromatic rings. The van der Waals surface area contributed by atoms with Gasteiger partial charge in [-0.05, 0) is 19.4 Å². The molecule has 13 heavy (non-hydrogen) atoms. The van der Waals surface area contributed by atoms with Gasteiger partial charge in [-0.15, -0.1) is 6.42 Å². The van der Waals surface area contributed by atoms with Crippen LogP contribution in [-0.2, 0) is 4.79 Å². The van der Waals surface area contributed by atoms with E-state index in [1.807, 2.05) is 6.92 Å². The van der Waals surface area contributed by atoms with Gasteiger partial charge in [0.05, 0.1) is 12.0 Å². The highest BCUT2D eigenvalue weighted by Crippen LogP contribution is 2.07. The van der Waals surface area contributed by atoms with Gasteiger partial charge in [0.2, 0.25) is 5.91 Å². The molecule has 0 aromatic heterocycles. The molecule has 3 nitrogen and oxygen atoms in total. The predicted molar refractivity (Wildman–Crippen MR) is 52.0 cm³/mol. The van der Waals surface area contributed by atoms with Gasteiger partial charge in [-0.3, -0.25) is 4.79 Å². The standard InChI is InChI=1S/C10H16N2O/c1-3-9(4-2)12-10(13)8-5-6-11-7-8/h1,8-9,11H,4-7H2,2H3,(H,12,13). The van der Waals surface area contributed by atoms with E-state index in [1.165, 1.54) is 0 Å². The molecular weight excluding hydrogens is 164 g/mol. The van der Waals surface area contributed by atoms with E-state index >= 15 is 0 Å². The zero-order valence-electron chi connectivity index (χ0n) is 7.97. The fourth-order valence-corrected chi connectivity index (χ4v) is 1.43. The van der Waals surface area contributed by atoms with Gasteiger partial charge in [-0.1, -0.05) is 12.8 Å². The highest BCUT2D eigenvalue weighted by atomic mass is 16.2. The quantitative estimate of drug-likeness (QED) is 0.606. The van der Waals surface area contributed by atoms with Gasteiger partial charge in [-0.25, -0.2) is 0 Å². The molecule has 72 valence electrons. The van der Waals surface area contributed by atoms with Crippen molar-refractivity contribution in [1.29, 1.82) is 0 Å². The first-order chi connectivity index (χ1) is 6.27. The maximum Gasteiger partial charge on any atom is 0.225 e. The lowest BCUT2D eigenvalue weighted by Crippen LogP contribution is -2.38. The number of carbonyl (C=O) groups is 1. The SMILES string of the molecule is C#CC(CC)NC(=O)C1CCNC1. The summed E-state index contributed by atoms with van der Waals surface area (Å²) >= 11 is 0. The van der Waals surface area contributed by atoms with Crippen LogP contribution in [0.4, 0.5) is 0 Å². The summed E-state index contributed by atoms with van der Waals surface area (Å²) < 4.78 is 0. The Labute approximate surface area is 79.3 Å². The van der Waals surface area contributed by atoms with Crippen LogP contribution >= 0.6 is 0 Å². The van der Waals surface area contributed by atoms with E-state index in [0.29, 0.717) is 0 Å². The monoisotopic (exact) mass is 180 g/mol. The molecule has 1 saturated heterocycles. The molecule has 1 rings (SSSR count). The van der Waals surface area contributed by atoms with Crippen LogP contribution in [-0.4, -0.2) is 25.0 Å². The van der Waals surface area contributed by atoms with Gasteiger partial charge in [0.25, 0.3) is 0 Å². The van der Waals surface area contributed by atoms with Crippen molar-refractivity contribution in [3.05, 3.63) is 0 Å². The number of rotatable bonds is 3. The molecule has 0 bridgehead atoms. The number of hydrogen-bond donors (Lipinski definition) is 2. The topological polar surface area (TPSA) is 41.1 Å². The van der Waals surface area contributed by atoms with Crippen LogP contribution in [0.25, 0.3) is 0 Å². The van der Waals surface area contributed by atoms with Crippen molar-refractivity contribution >= 4 is 5.91 Å². The molecule has 1 aliphatic heterocycles. The summed E-state index contributed by atoms with van der Waals surface area (Å²) in [6.07, 6.45) is 6.97. The van der Waals surface area contributed by atoms with Crippen LogP contribution < -0.4 is 10.6 Å². The molecule has 2 unspecified atom stereocenters. The number of carbonyl (C=O) groups excluding carboxylic acids is 1. The first-order valence-electron chi connectivity index (χ1n) is 4.75. The van der Waals surface area contributed by atoms with Crippen LogP contribution in [0.15, 0.2) is 0 Å². The van der Waals surface area contributed by atoms with Crippen molar-refractivity contribution in [2.24, 2.45) is 5.92 Å². The van der Waals surface area contributed by atoms with E-state index in [4.69, 9.17) is 6.42 Å². The first kappa shape index (κ1) is 10.1. The lowest BCUT2D eigenvalue weighted by molar-refractivity contribution is -0.124. The maximum atomic E-state index is 11.5. The van der Waals surface area contributed by atoms with Gasteiger partial charge >= 0.3 is 0 Å². The van der Waals surface area contributed by atoms with Crippen molar-refractivity contribution in [3.63, 3.8) is 0 Å². The van der Waals surface area contributed by atoms with Gasteiger partial charge in [0.15, 0.2) is 0 Å². The van der Waals surface area contributed by atoms with Crippen LogP contribution in [0, 0.1) is 18.3 Å². The predicted octanol–water partition coefficient (Wildman–Crippen LogP) is 0.124. The Kier molecular flexibility index (Phi) is 3.78. The summed E-state index contributed by atoms with van der Waals surface area (Å²) in [6.45, 7) is 3.69. The van der Waals surface area contributed by atoms with E-state index in [9.17, 15) is 4.79 Å². The van der Waals surface area contributed by atoms with E-state index in [0.717, 1.165) is 25.9 Å². The fourth-order valence-electron chi connectivity index (χ4n) is 1.43. The average molecular weight is 180 g/mol. The molecule has 2 atom stereocenters.